The van der Waals surface area contributed by atoms with Crippen molar-refractivity contribution in [2.24, 2.45) is 5.10 Å². The molecule has 3 aromatic rings. The van der Waals surface area contributed by atoms with E-state index in [2.05, 4.69) is 20.5 Å². The Kier molecular flexibility index (Phi) is 4.39. The average Bonchev–Trinajstić information content (AvgIpc) is 2.56. The van der Waals surface area contributed by atoms with Gasteiger partial charge in [-0.2, -0.15) is 5.10 Å². The molecule has 1 heterocycles. The molecule has 0 fully saturated rings. The van der Waals surface area contributed by atoms with E-state index >= 15 is 0 Å². The molecule has 0 aliphatic heterocycles. The van der Waals surface area contributed by atoms with Gasteiger partial charge in [0, 0.05) is 25.3 Å². The molecule has 0 radical (unpaired) electrons. The second-order valence-electron chi connectivity index (χ2n) is 5.21. The maximum absolute atomic E-state index is 6.26. The highest BCUT2D eigenvalue weighted by molar-refractivity contribution is 6.33. The fourth-order valence-corrected chi connectivity index (χ4v) is 2.30. The highest BCUT2D eigenvalue weighted by atomic mass is 35.5. The van der Waals surface area contributed by atoms with Crippen molar-refractivity contribution in [3.05, 3.63) is 59.2 Å². The predicted octanol–water partition coefficient (Wildman–Crippen LogP) is 3.80. The van der Waals surface area contributed by atoms with Crippen LogP contribution in [0.4, 0.5) is 11.5 Å². The Bertz CT molecular complexity index is 860. The monoisotopic (exact) mass is 325 g/mol. The van der Waals surface area contributed by atoms with Crippen LogP contribution >= 0.6 is 11.6 Å². The lowest BCUT2D eigenvalue weighted by molar-refractivity contribution is 1.13. The highest BCUT2D eigenvalue weighted by Crippen LogP contribution is 2.21. The van der Waals surface area contributed by atoms with Gasteiger partial charge in [-0.1, -0.05) is 23.7 Å². The standard InChI is InChI=1S/C17H16ClN5/c1-23(2)13-8-7-12(14(18)9-13)10-20-22-17-11-19-15-5-3-4-6-16(15)21-17/h3-11H,1-2H3,(H,21,22)/b20-10+. The van der Waals surface area contributed by atoms with Crippen LogP contribution in [0.2, 0.25) is 5.02 Å². The number of nitrogens with zero attached hydrogens (tertiary/aromatic N) is 4. The molecule has 2 aromatic carbocycles. The third kappa shape index (κ3) is 3.57. The molecule has 0 saturated carbocycles. The van der Waals surface area contributed by atoms with Crippen molar-refractivity contribution < 1.29 is 0 Å². The molecule has 5 nitrogen and oxygen atoms in total. The number of hydrogen-bond acceptors (Lipinski definition) is 5. The normalized spacial score (nSPS) is 11.1. The van der Waals surface area contributed by atoms with Crippen LogP contribution in [0.1, 0.15) is 5.56 Å². The molecule has 1 aromatic heterocycles. The molecule has 0 aliphatic carbocycles. The number of hydrogen-bond donors (Lipinski definition) is 1. The van der Waals surface area contributed by atoms with Crippen LogP contribution in [0.15, 0.2) is 53.8 Å². The Morgan fingerprint density at radius 1 is 1.13 bits per heavy atom. The van der Waals surface area contributed by atoms with Crippen molar-refractivity contribution in [3.63, 3.8) is 0 Å². The summed E-state index contributed by atoms with van der Waals surface area (Å²) in [5, 5.41) is 4.82. The van der Waals surface area contributed by atoms with Gasteiger partial charge in [0.05, 0.1) is 28.5 Å². The highest BCUT2D eigenvalue weighted by Gasteiger charge is 2.02. The van der Waals surface area contributed by atoms with Crippen molar-refractivity contribution in [2.45, 2.75) is 0 Å². The Morgan fingerprint density at radius 2 is 1.91 bits per heavy atom. The number of nitrogens with one attached hydrogen (secondary N) is 1. The summed E-state index contributed by atoms with van der Waals surface area (Å²) in [6.45, 7) is 0. The molecule has 6 heteroatoms. The zero-order valence-corrected chi connectivity index (χ0v) is 13.6. The lowest BCUT2D eigenvalue weighted by atomic mass is 10.2. The number of halogens is 1. The van der Waals surface area contributed by atoms with E-state index in [1.54, 1.807) is 12.4 Å². The second kappa shape index (κ2) is 6.62. The molecule has 116 valence electrons. The van der Waals surface area contributed by atoms with E-state index in [9.17, 15) is 0 Å². The number of rotatable bonds is 4. The van der Waals surface area contributed by atoms with E-state index in [0.717, 1.165) is 22.3 Å². The van der Waals surface area contributed by atoms with Gasteiger partial charge in [0.2, 0.25) is 0 Å². The Balaban J connectivity index is 1.75. The summed E-state index contributed by atoms with van der Waals surface area (Å²) in [6.07, 6.45) is 3.31. The molecule has 0 atom stereocenters. The van der Waals surface area contributed by atoms with Crippen LogP contribution in [-0.4, -0.2) is 30.3 Å². The summed E-state index contributed by atoms with van der Waals surface area (Å²) < 4.78 is 0. The van der Waals surface area contributed by atoms with E-state index in [4.69, 9.17) is 11.6 Å². The van der Waals surface area contributed by atoms with E-state index in [1.165, 1.54) is 0 Å². The Morgan fingerprint density at radius 3 is 2.65 bits per heavy atom. The van der Waals surface area contributed by atoms with Gasteiger partial charge in [-0.25, -0.2) is 4.98 Å². The summed E-state index contributed by atoms with van der Waals surface area (Å²) in [6, 6.07) is 13.5. The SMILES string of the molecule is CN(C)c1ccc(/C=N/Nc2cnc3ccccc3n2)c(Cl)c1. The molecule has 1 N–H and O–H groups in total. The molecule has 0 amide bonds. The Hall–Kier alpha value is -2.66. The van der Waals surface area contributed by atoms with Crippen LogP contribution in [0.25, 0.3) is 11.0 Å². The van der Waals surface area contributed by atoms with Gasteiger partial charge in [-0.3, -0.25) is 10.4 Å². The van der Waals surface area contributed by atoms with Gasteiger partial charge in [-0.15, -0.1) is 0 Å². The third-order valence-corrected chi connectivity index (χ3v) is 3.66. The van der Waals surface area contributed by atoms with Crippen LogP contribution < -0.4 is 10.3 Å². The summed E-state index contributed by atoms with van der Waals surface area (Å²) >= 11 is 6.26. The van der Waals surface area contributed by atoms with Crippen molar-refractivity contribution in [3.8, 4) is 0 Å². The van der Waals surface area contributed by atoms with Gasteiger partial charge < -0.3 is 4.90 Å². The second-order valence-corrected chi connectivity index (χ2v) is 5.62. The first kappa shape index (κ1) is 15.2. The maximum Gasteiger partial charge on any atom is 0.165 e. The Labute approximate surface area is 139 Å². The number of anilines is 2. The predicted molar refractivity (Wildman–Crippen MR) is 96.5 cm³/mol. The van der Waals surface area contributed by atoms with Gasteiger partial charge in [0.25, 0.3) is 0 Å². The minimum atomic E-state index is 0.584. The first-order valence-electron chi connectivity index (χ1n) is 7.11. The summed E-state index contributed by atoms with van der Waals surface area (Å²) in [5.41, 5.74) is 6.42. The van der Waals surface area contributed by atoms with Gasteiger partial charge in [-0.05, 0) is 30.3 Å². The topological polar surface area (TPSA) is 53.4 Å². The van der Waals surface area contributed by atoms with Crippen LogP contribution in [-0.2, 0) is 0 Å². The number of benzene rings is 2. The molecule has 0 spiro atoms. The molecule has 0 bridgehead atoms. The minimum Gasteiger partial charge on any atom is -0.378 e. The van der Waals surface area contributed by atoms with Crippen LogP contribution in [0.3, 0.4) is 0 Å². The van der Waals surface area contributed by atoms with Crippen molar-refractivity contribution in [2.75, 3.05) is 24.4 Å². The zero-order valence-electron chi connectivity index (χ0n) is 12.9. The number of fused-ring (bicyclic) bond motifs is 1. The third-order valence-electron chi connectivity index (χ3n) is 3.33. The number of aromatic nitrogens is 2. The molecule has 0 saturated heterocycles. The van der Waals surface area contributed by atoms with Crippen molar-refractivity contribution >= 4 is 40.4 Å². The molecule has 0 unspecified atom stereocenters. The minimum absolute atomic E-state index is 0.584. The zero-order chi connectivity index (χ0) is 16.2. The van der Waals surface area contributed by atoms with E-state index < -0.39 is 0 Å². The number of hydrazone groups is 1. The molecule has 0 aliphatic rings. The van der Waals surface area contributed by atoms with Crippen LogP contribution in [0, 0.1) is 0 Å². The first-order chi connectivity index (χ1) is 11.1. The molecular weight excluding hydrogens is 310 g/mol. The number of para-hydroxylation sites is 2. The summed E-state index contributed by atoms with van der Waals surface area (Å²) in [5.74, 6) is 0.584. The largest absolute Gasteiger partial charge is 0.378 e. The van der Waals surface area contributed by atoms with E-state index in [0.29, 0.717) is 10.8 Å². The fourth-order valence-electron chi connectivity index (χ4n) is 2.08. The summed E-state index contributed by atoms with van der Waals surface area (Å²) in [4.78, 5) is 10.8. The van der Waals surface area contributed by atoms with Gasteiger partial charge >= 0.3 is 0 Å². The van der Waals surface area contributed by atoms with E-state index in [1.807, 2.05) is 61.5 Å². The van der Waals surface area contributed by atoms with E-state index in [-0.39, 0.29) is 0 Å². The maximum atomic E-state index is 6.26. The molecular formula is C17H16ClN5. The van der Waals surface area contributed by atoms with Crippen molar-refractivity contribution in [1.29, 1.82) is 0 Å². The van der Waals surface area contributed by atoms with Crippen molar-refractivity contribution in [1.82, 2.24) is 9.97 Å². The first-order valence-corrected chi connectivity index (χ1v) is 7.49. The molecule has 23 heavy (non-hydrogen) atoms. The van der Waals surface area contributed by atoms with Gasteiger partial charge in [0.15, 0.2) is 5.82 Å². The fraction of sp³-hybridized carbons (Fsp3) is 0.118. The quantitative estimate of drug-likeness (QED) is 0.585. The smallest absolute Gasteiger partial charge is 0.165 e. The lowest BCUT2D eigenvalue weighted by Gasteiger charge is -2.13. The van der Waals surface area contributed by atoms with Gasteiger partial charge in [0.1, 0.15) is 0 Å². The average molecular weight is 326 g/mol. The lowest BCUT2D eigenvalue weighted by Crippen LogP contribution is -2.08. The van der Waals surface area contributed by atoms with Crippen LogP contribution in [0.5, 0.6) is 0 Å². The molecule has 3 rings (SSSR count). The summed E-state index contributed by atoms with van der Waals surface area (Å²) in [7, 11) is 3.94.